The van der Waals surface area contributed by atoms with Gasteiger partial charge in [0.15, 0.2) is 0 Å². The molecule has 2 N–H and O–H groups in total. The van der Waals surface area contributed by atoms with Crippen molar-refractivity contribution in [3.8, 4) is 0 Å². The van der Waals surface area contributed by atoms with Crippen LogP contribution >= 0.6 is 0 Å². The highest BCUT2D eigenvalue weighted by Crippen LogP contribution is 2.42. The first-order chi connectivity index (χ1) is 9.36. The fourth-order valence-corrected chi connectivity index (χ4v) is 4.04. The number of hydrogen-bond donors (Lipinski definition) is 1. The van der Waals surface area contributed by atoms with Crippen molar-refractivity contribution < 1.29 is 0 Å². The zero-order valence-corrected chi connectivity index (χ0v) is 11.9. The molecule has 0 aliphatic heterocycles. The Kier molecular flexibility index (Phi) is 4.05. The summed E-state index contributed by atoms with van der Waals surface area (Å²) in [5, 5.41) is 0. The van der Waals surface area contributed by atoms with Gasteiger partial charge in [-0.1, -0.05) is 38.5 Å². The number of nitrogens with two attached hydrogens (primary N) is 1. The van der Waals surface area contributed by atoms with Crippen molar-refractivity contribution >= 4 is 5.69 Å². The van der Waals surface area contributed by atoms with Gasteiger partial charge in [-0.05, 0) is 43.2 Å². The van der Waals surface area contributed by atoms with Crippen LogP contribution in [0.1, 0.15) is 87.3 Å². The van der Waals surface area contributed by atoms with E-state index >= 15 is 0 Å². The van der Waals surface area contributed by atoms with Crippen LogP contribution in [-0.2, 0) is 0 Å². The molecule has 1 heterocycles. The van der Waals surface area contributed by atoms with Gasteiger partial charge in [0.25, 0.3) is 0 Å². The molecule has 1 aromatic rings. The van der Waals surface area contributed by atoms with E-state index in [0.29, 0.717) is 11.8 Å². The maximum atomic E-state index is 6.32. The number of anilines is 1. The van der Waals surface area contributed by atoms with Crippen LogP contribution in [0.2, 0.25) is 0 Å². The van der Waals surface area contributed by atoms with Gasteiger partial charge in [0.1, 0.15) is 0 Å². The van der Waals surface area contributed by atoms with E-state index in [1.54, 1.807) is 0 Å². The Balaban J connectivity index is 1.91. The summed E-state index contributed by atoms with van der Waals surface area (Å²) in [6, 6.07) is 2.01. The van der Waals surface area contributed by atoms with Gasteiger partial charge in [-0.3, -0.25) is 4.98 Å². The Bertz CT molecular complexity index is 415. The van der Waals surface area contributed by atoms with Gasteiger partial charge in [-0.25, -0.2) is 0 Å². The van der Waals surface area contributed by atoms with Crippen molar-refractivity contribution in [2.45, 2.75) is 76.0 Å². The van der Waals surface area contributed by atoms with Gasteiger partial charge >= 0.3 is 0 Å². The molecule has 2 nitrogen and oxygen atoms in total. The van der Waals surface area contributed by atoms with Crippen LogP contribution in [0.4, 0.5) is 5.69 Å². The summed E-state index contributed by atoms with van der Waals surface area (Å²) < 4.78 is 0. The minimum absolute atomic E-state index is 0.675. The van der Waals surface area contributed by atoms with Gasteiger partial charge in [0.05, 0.1) is 0 Å². The van der Waals surface area contributed by atoms with E-state index < -0.39 is 0 Å². The lowest BCUT2D eigenvalue weighted by molar-refractivity contribution is 0.413. The van der Waals surface area contributed by atoms with Gasteiger partial charge in [-0.2, -0.15) is 0 Å². The second-order valence-corrected chi connectivity index (χ2v) is 6.37. The van der Waals surface area contributed by atoms with E-state index in [-0.39, 0.29) is 0 Å². The lowest BCUT2D eigenvalue weighted by Gasteiger charge is -2.29. The first-order valence-electron chi connectivity index (χ1n) is 8.10. The molecule has 0 atom stereocenters. The van der Waals surface area contributed by atoms with E-state index in [1.165, 1.54) is 75.5 Å². The van der Waals surface area contributed by atoms with Crippen LogP contribution in [-0.4, -0.2) is 4.98 Å². The average Bonchev–Trinajstić information content (AvgIpc) is 2.49. The predicted molar refractivity (Wildman–Crippen MR) is 80.3 cm³/mol. The van der Waals surface area contributed by atoms with Crippen LogP contribution in [0.3, 0.4) is 0 Å². The lowest BCUT2D eigenvalue weighted by Crippen LogP contribution is -2.15. The van der Waals surface area contributed by atoms with Crippen molar-refractivity contribution in [1.29, 1.82) is 0 Å². The quantitative estimate of drug-likeness (QED) is 0.830. The highest BCUT2D eigenvalue weighted by molar-refractivity contribution is 5.51. The third-order valence-electron chi connectivity index (χ3n) is 5.06. The molecule has 1 aromatic heterocycles. The highest BCUT2D eigenvalue weighted by atomic mass is 14.7. The Morgan fingerprint density at radius 2 is 1.42 bits per heavy atom. The standard InChI is InChI=1S/C17H26N2/c18-15-11-12-19-17(14-9-5-2-6-10-14)16(15)13-7-3-1-4-8-13/h11-14H,1-10H2,(H2,18,19). The van der Waals surface area contributed by atoms with Crippen molar-refractivity contribution in [2.75, 3.05) is 5.73 Å². The van der Waals surface area contributed by atoms with Gasteiger partial charge in [0.2, 0.25) is 0 Å². The molecule has 0 spiro atoms. The summed E-state index contributed by atoms with van der Waals surface area (Å²) in [6.07, 6.45) is 15.4. The Morgan fingerprint density at radius 1 is 0.842 bits per heavy atom. The minimum atomic E-state index is 0.675. The molecule has 0 saturated heterocycles. The molecule has 0 bridgehead atoms. The first-order valence-corrected chi connectivity index (χ1v) is 8.10. The molecule has 104 valence electrons. The number of pyridine rings is 1. The average molecular weight is 258 g/mol. The van der Waals surface area contributed by atoms with E-state index in [0.717, 1.165) is 5.69 Å². The number of aromatic nitrogens is 1. The monoisotopic (exact) mass is 258 g/mol. The minimum Gasteiger partial charge on any atom is -0.398 e. The summed E-state index contributed by atoms with van der Waals surface area (Å²) >= 11 is 0. The molecule has 2 aliphatic rings. The van der Waals surface area contributed by atoms with E-state index in [9.17, 15) is 0 Å². The number of hydrogen-bond acceptors (Lipinski definition) is 2. The zero-order valence-electron chi connectivity index (χ0n) is 11.9. The maximum absolute atomic E-state index is 6.32. The van der Waals surface area contributed by atoms with Crippen LogP contribution in [0.15, 0.2) is 12.3 Å². The third kappa shape index (κ3) is 2.77. The summed E-state index contributed by atoms with van der Waals surface area (Å²) in [4.78, 5) is 4.76. The molecule has 0 unspecified atom stereocenters. The second kappa shape index (κ2) is 5.94. The second-order valence-electron chi connectivity index (χ2n) is 6.37. The summed E-state index contributed by atoms with van der Waals surface area (Å²) in [6.45, 7) is 0. The topological polar surface area (TPSA) is 38.9 Å². The predicted octanol–water partition coefficient (Wildman–Crippen LogP) is 4.76. The summed E-state index contributed by atoms with van der Waals surface area (Å²) in [5.74, 6) is 1.36. The van der Waals surface area contributed by atoms with E-state index in [4.69, 9.17) is 10.7 Å². The Morgan fingerprint density at radius 3 is 2.05 bits per heavy atom. The summed E-state index contributed by atoms with van der Waals surface area (Å²) in [7, 11) is 0. The van der Waals surface area contributed by atoms with Crippen molar-refractivity contribution in [2.24, 2.45) is 0 Å². The van der Waals surface area contributed by atoms with Crippen LogP contribution < -0.4 is 5.73 Å². The van der Waals surface area contributed by atoms with Crippen molar-refractivity contribution in [3.05, 3.63) is 23.5 Å². The zero-order chi connectivity index (χ0) is 13.1. The Labute approximate surface area is 116 Å². The molecule has 19 heavy (non-hydrogen) atoms. The maximum Gasteiger partial charge on any atom is 0.0489 e. The smallest absolute Gasteiger partial charge is 0.0489 e. The van der Waals surface area contributed by atoms with Crippen molar-refractivity contribution in [1.82, 2.24) is 4.98 Å². The highest BCUT2D eigenvalue weighted by Gasteiger charge is 2.26. The molecule has 2 fully saturated rings. The van der Waals surface area contributed by atoms with E-state index in [1.807, 2.05) is 12.3 Å². The van der Waals surface area contributed by atoms with Crippen molar-refractivity contribution in [3.63, 3.8) is 0 Å². The molecule has 2 heteroatoms. The molecular weight excluding hydrogens is 232 g/mol. The molecule has 0 aromatic carbocycles. The molecular formula is C17H26N2. The van der Waals surface area contributed by atoms with Crippen LogP contribution in [0, 0.1) is 0 Å². The van der Waals surface area contributed by atoms with Gasteiger partial charge in [-0.15, -0.1) is 0 Å². The number of nitrogen functional groups attached to an aromatic ring is 1. The Hall–Kier alpha value is -1.05. The van der Waals surface area contributed by atoms with Gasteiger partial charge < -0.3 is 5.73 Å². The fourth-order valence-electron chi connectivity index (χ4n) is 4.04. The molecule has 0 amide bonds. The lowest BCUT2D eigenvalue weighted by atomic mass is 9.77. The van der Waals surface area contributed by atoms with Crippen LogP contribution in [0.25, 0.3) is 0 Å². The molecule has 0 radical (unpaired) electrons. The summed E-state index contributed by atoms with van der Waals surface area (Å²) in [5.41, 5.74) is 10.1. The van der Waals surface area contributed by atoms with E-state index in [2.05, 4.69) is 0 Å². The largest absolute Gasteiger partial charge is 0.398 e. The first kappa shape index (κ1) is 13.0. The fraction of sp³-hybridized carbons (Fsp3) is 0.706. The van der Waals surface area contributed by atoms with Gasteiger partial charge in [0, 0.05) is 23.5 Å². The molecule has 3 rings (SSSR count). The molecule has 2 saturated carbocycles. The molecule has 2 aliphatic carbocycles. The number of nitrogens with zero attached hydrogens (tertiary/aromatic N) is 1. The van der Waals surface area contributed by atoms with Crippen LogP contribution in [0.5, 0.6) is 0 Å². The SMILES string of the molecule is Nc1ccnc(C2CCCCC2)c1C1CCCCC1. The number of rotatable bonds is 2. The normalized spacial score (nSPS) is 22.5. The third-order valence-corrected chi connectivity index (χ3v) is 5.06.